The predicted molar refractivity (Wildman–Crippen MR) is 81.6 cm³/mol. The number of amides is 2. The molecule has 2 amide bonds. The first-order chi connectivity index (χ1) is 10.0. The molecule has 1 spiro atoms. The second kappa shape index (κ2) is 5.62. The maximum absolute atomic E-state index is 12.4. The molecule has 4 heteroatoms. The van der Waals surface area contributed by atoms with Crippen LogP contribution in [0.4, 0.5) is 0 Å². The molecule has 0 aromatic heterocycles. The lowest BCUT2D eigenvalue weighted by molar-refractivity contribution is -0.146. The average Bonchev–Trinajstić information content (AvgIpc) is 2.47. The summed E-state index contributed by atoms with van der Waals surface area (Å²) in [5.74, 6) is 1.74. The van der Waals surface area contributed by atoms with E-state index in [1.165, 1.54) is 0 Å². The molecular formula is C17H28N2O2. The van der Waals surface area contributed by atoms with E-state index >= 15 is 0 Å². The summed E-state index contributed by atoms with van der Waals surface area (Å²) in [4.78, 5) is 28.4. The SMILES string of the molecule is CCN1CC2(CCC1=O)CCN(C(=O)C1CC(C)C1)CC2. The van der Waals surface area contributed by atoms with Crippen molar-refractivity contribution in [3.8, 4) is 0 Å². The fraction of sp³-hybridized carbons (Fsp3) is 0.882. The van der Waals surface area contributed by atoms with Crippen molar-refractivity contribution >= 4 is 11.8 Å². The standard InChI is InChI=1S/C17H28N2O2/c1-3-18-12-17(5-4-15(18)20)6-8-19(9-7-17)16(21)14-10-13(2)11-14/h13-14H,3-12H2,1-2H3. The van der Waals surface area contributed by atoms with Crippen LogP contribution < -0.4 is 0 Å². The highest BCUT2D eigenvalue weighted by Gasteiger charge is 2.43. The van der Waals surface area contributed by atoms with Gasteiger partial charge in [0.25, 0.3) is 0 Å². The molecule has 21 heavy (non-hydrogen) atoms. The molecule has 118 valence electrons. The van der Waals surface area contributed by atoms with Crippen molar-refractivity contribution in [3.05, 3.63) is 0 Å². The van der Waals surface area contributed by atoms with Crippen molar-refractivity contribution in [1.29, 1.82) is 0 Å². The quantitative estimate of drug-likeness (QED) is 0.783. The van der Waals surface area contributed by atoms with Crippen LogP contribution in [0.1, 0.15) is 52.4 Å². The molecule has 3 rings (SSSR count). The molecule has 0 unspecified atom stereocenters. The smallest absolute Gasteiger partial charge is 0.225 e. The number of nitrogens with zero attached hydrogens (tertiary/aromatic N) is 2. The van der Waals surface area contributed by atoms with E-state index in [4.69, 9.17) is 0 Å². The monoisotopic (exact) mass is 292 g/mol. The Morgan fingerprint density at radius 2 is 1.90 bits per heavy atom. The van der Waals surface area contributed by atoms with E-state index in [2.05, 4.69) is 18.7 Å². The van der Waals surface area contributed by atoms with Gasteiger partial charge < -0.3 is 9.80 Å². The van der Waals surface area contributed by atoms with E-state index < -0.39 is 0 Å². The number of hydrogen-bond donors (Lipinski definition) is 0. The van der Waals surface area contributed by atoms with Crippen LogP contribution in [0.15, 0.2) is 0 Å². The molecule has 0 N–H and O–H groups in total. The lowest BCUT2D eigenvalue weighted by Crippen LogP contribution is -2.53. The first-order valence-electron chi connectivity index (χ1n) is 8.59. The van der Waals surface area contributed by atoms with Crippen molar-refractivity contribution in [1.82, 2.24) is 9.80 Å². The predicted octanol–water partition coefficient (Wildman–Crippen LogP) is 2.28. The maximum Gasteiger partial charge on any atom is 0.225 e. The Labute approximate surface area is 127 Å². The molecule has 0 aromatic rings. The summed E-state index contributed by atoms with van der Waals surface area (Å²) < 4.78 is 0. The van der Waals surface area contributed by atoms with E-state index in [1.807, 2.05) is 4.90 Å². The van der Waals surface area contributed by atoms with Gasteiger partial charge in [0, 0.05) is 38.5 Å². The third-order valence-corrected chi connectivity index (χ3v) is 5.99. The normalized spacial score (nSPS) is 32.2. The van der Waals surface area contributed by atoms with E-state index in [0.29, 0.717) is 24.2 Å². The van der Waals surface area contributed by atoms with Crippen LogP contribution in [0.3, 0.4) is 0 Å². The zero-order valence-corrected chi connectivity index (χ0v) is 13.4. The number of likely N-dealkylation sites (tertiary alicyclic amines) is 2. The minimum absolute atomic E-state index is 0.285. The van der Waals surface area contributed by atoms with Crippen LogP contribution in [0, 0.1) is 17.3 Å². The molecule has 2 aliphatic heterocycles. The van der Waals surface area contributed by atoms with Gasteiger partial charge in [0.1, 0.15) is 0 Å². The van der Waals surface area contributed by atoms with Gasteiger partial charge in [-0.25, -0.2) is 0 Å². The zero-order chi connectivity index (χ0) is 15.0. The highest BCUT2D eigenvalue weighted by molar-refractivity contribution is 5.80. The Morgan fingerprint density at radius 3 is 2.48 bits per heavy atom. The Bertz CT molecular complexity index is 421. The minimum Gasteiger partial charge on any atom is -0.342 e. The zero-order valence-electron chi connectivity index (χ0n) is 13.4. The number of rotatable bonds is 2. The largest absolute Gasteiger partial charge is 0.342 e. The van der Waals surface area contributed by atoms with Crippen molar-refractivity contribution < 1.29 is 9.59 Å². The summed E-state index contributed by atoms with van der Waals surface area (Å²) in [5.41, 5.74) is 0.285. The topological polar surface area (TPSA) is 40.6 Å². The maximum atomic E-state index is 12.4. The van der Waals surface area contributed by atoms with Gasteiger partial charge in [-0.15, -0.1) is 0 Å². The van der Waals surface area contributed by atoms with Crippen molar-refractivity contribution in [2.24, 2.45) is 17.3 Å². The Hall–Kier alpha value is -1.06. The van der Waals surface area contributed by atoms with Gasteiger partial charge in [0.05, 0.1) is 0 Å². The molecule has 0 atom stereocenters. The van der Waals surface area contributed by atoms with Gasteiger partial charge in [-0.3, -0.25) is 9.59 Å². The van der Waals surface area contributed by atoms with Gasteiger partial charge in [-0.05, 0) is 50.4 Å². The van der Waals surface area contributed by atoms with Crippen LogP contribution in [0.2, 0.25) is 0 Å². The van der Waals surface area contributed by atoms with E-state index in [0.717, 1.165) is 64.2 Å². The Kier molecular flexibility index (Phi) is 3.98. The summed E-state index contributed by atoms with van der Waals surface area (Å²) in [6, 6.07) is 0. The summed E-state index contributed by atoms with van der Waals surface area (Å²) >= 11 is 0. The van der Waals surface area contributed by atoms with Gasteiger partial charge in [-0.1, -0.05) is 6.92 Å². The first kappa shape index (κ1) is 14.9. The summed E-state index contributed by atoms with van der Waals surface area (Å²) in [6.07, 6.45) is 6.03. The van der Waals surface area contributed by atoms with Crippen LogP contribution in [0.25, 0.3) is 0 Å². The molecule has 2 heterocycles. The van der Waals surface area contributed by atoms with Crippen molar-refractivity contribution in [2.45, 2.75) is 52.4 Å². The van der Waals surface area contributed by atoms with Gasteiger partial charge in [0.15, 0.2) is 0 Å². The number of carbonyl (C=O) groups excluding carboxylic acids is 2. The lowest BCUT2D eigenvalue weighted by Gasteiger charge is -2.48. The van der Waals surface area contributed by atoms with E-state index in [-0.39, 0.29) is 5.41 Å². The first-order valence-corrected chi connectivity index (χ1v) is 8.59. The van der Waals surface area contributed by atoms with E-state index in [1.54, 1.807) is 0 Å². The molecule has 3 aliphatic rings. The molecule has 1 saturated carbocycles. The third-order valence-electron chi connectivity index (χ3n) is 5.99. The highest BCUT2D eigenvalue weighted by Crippen LogP contribution is 2.41. The van der Waals surface area contributed by atoms with Gasteiger partial charge in [-0.2, -0.15) is 0 Å². The summed E-state index contributed by atoms with van der Waals surface area (Å²) in [5, 5.41) is 0. The highest BCUT2D eigenvalue weighted by atomic mass is 16.2. The van der Waals surface area contributed by atoms with Crippen LogP contribution in [-0.4, -0.2) is 47.8 Å². The van der Waals surface area contributed by atoms with Crippen molar-refractivity contribution in [2.75, 3.05) is 26.2 Å². The fourth-order valence-corrected chi connectivity index (χ4v) is 4.36. The van der Waals surface area contributed by atoms with Crippen LogP contribution >= 0.6 is 0 Å². The lowest BCUT2D eigenvalue weighted by atomic mass is 9.71. The minimum atomic E-state index is 0.285. The third kappa shape index (κ3) is 2.82. The molecular weight excluding hydrogens is 264 g/mol. The molecule has 2 saturated heterocycles. The number of hydrogen-bond acceptors (Lipinski definition) is 2. The summed E-state index contributed by atoms with van der Waals surface area (Å²) in [6.45, 7) is 7.82. The number of carbonyl (C=O) groups is 2. The van der Waals surface area contributed by atoms with E-state index in [9.17, 15) is 9.59 Å². The molecule has 3 fully saturated rings. The average molecular weight is 292 g/mol. The molecule has 4 nitrogen and oxygen atoms in total. The van der Waals surface area contributed by atoms with Crippen molar-refractivity contribution in [3.63, 3.8) is 0 Å². The Balaban J connectivity index is 1.55. The van der Waals surface area contributed by atoms with Crippen LogP contribution in [0.5, 0.6) is 0 Å². The molecule has 1 aliphatic carbocycles. The van der Waals surface area contributed by atoms with Gasteiger partial charge >= 0.3 is 0 Å². The van der Waals surface area contributed by atoms with Crippen LogP contribution in [-0.2, 0) is 9.59 Å². The molecule has 0 aromatic carbocycles. The number of piperidine rings is 2. The summed E-state index contributed by atoms with van der Waals surface area (Å²) in [7, 11) is 0. The van der Waals surface area contributed by atoms with Gasteiger partial charge in [0.2, 0.25) is 11.8 Å². The Morgan fingerprint density at radius 1 is 1.24 bits per heavy atom. The molecule has 0 radical (unpaired) electrons. The second-order valence-electron chi connectivity index (χ2n) is 7.51. The fourth-order valence-electron chi connectivity index (χ4n) is 4.36. The molecule has 0 bridgehead atoms. The second-order valence-corrected chi connectivity index (χ2v) is 7.51.